The number of rotatable bonds is 4. The average molecular weight is 451 g/mol. The van der Waals surface area contributed by atoms with Gasteiger partial charge in [0, 0.05) is 22.6 Å². The maximum atomic E-state index is 14.8. The number of fused-ring (bicyclic) bond motifs is 5. The highest BCUT2D eigenvalue weighted by Gasteiger charge is 2.45. The lowest BCUT2D eigenvalue weighted by Crippen LogP contribution is -2.44. The quantitative estimate of drug-likeness (QED) is 0.472. The van der Waals surface area contributed by atoms with Gasteiger partial charge in [-0.1, -0.05) is 20.3 Å². The number of benzene rings is 1. The Balaban J connectivity index is 1.80. The summed E-state index contributed by atoms with van der Waals surface area (Å²) in [5.41, 5.74) is 3.63. The van der Waals surface area contributed by atoms with Crippen molar-refractivity contribution in [2.24, 2.45) is 0 Å². The van der Waals surface area contributed by atoms with E-state index in [-0.39, 0.29) is 30.0 Å². The summed E-state index contributed by atoms with van der Waals surface area (Å²) < 4.78 is 21.6. The number of esters is 1. The van der Waals surface area contributed by atoms with Gasteiger partial charge in [-0.15, -0.1) is 0 Å². The van der Waals surface area contributed by atoms with E-state index in [2.05, 4.69) is 6.92 Å². The van der Waals surface area contributed by atoms with Crippen molar-refractivity contribution in [1.29, 1.82) is 0 Å². The summed E-state index contributed by atoms with van der Waals surface area (Å²) in [6.07, 6.45) is 2.81. The van der Waals surface area contributed by atoms with Gasteiger partial charge in [-0.2, -0.15) is 0 Å². The number of cyclic esters (lactones) is 1. The SMILES string of the molecule is CCCCc1c(C)c(F)cc2nc3c(c(C)c12)Cn1c-3cc2c(c1=O)COC(=O)[C@]2(O)CC. The van der Waals surface area contributed by atoms with Crippen LogP contribution >= 0.6 is 0 Å². The van der Waals surface area contributed by atoms with Crippen LogP contribution in [0.15, 0.2) is 16.9 Å². The van der Waals surface area contributed by atoms with Crippen molar-refractivity contribution in [3.8, 4) is 11.4 Å². The van der Waals surface area contributed by atoms with Crippen LogP contribution in [0.4, 0.5) is 4.39 Å². The van der Waals surface area contributed by atoms with E-state index in [0.717, 1.165) is 41.3 Å². The van der Waals surface area contributed by atoms with Gasteiger partial charge in [0.05, 0.1) is 29.0 Å². The van der Waals surface area contributed by atoms with E-state index in [1.165, 1.54) is 6.07 Å². The molecule has 0 amide bonds. The highest BCUT2D eigenvalue weighted by molar-refractivity contribution is 5.92. The molecule has 3 aromatic rings. The van der Waals surface area contributed by atoms with E-state index in [1.54, 1.807) is 17.6 Å². The van der Waals surface area contributed by atoms with E-state index in [0.29, 0.717) is 34.6 Å². The normalized spacial score (nSPS) is 18.8. The van der Waals surface area contributed by atoms with Gasteiger partial charge in [-0.25, -0.2) is 14.2 Å². The smallest absolute Gasteiger partial charge is 0.343 e. The van der Waals surface area contributed by atoms with Gasteiger partial charge in [0.1, 0.15) is 12.4 Å². The second kappa shape index (κ2) is 7.48. The molecular formula is C26H27FN2O4. The van der Waals surface area contributed by atoms with Gasteiger partial charge in [-0.3, -0.25) is 4.79 Å². The number of hydrogen-bond acceptors (Lipinski definition) is 5. The van der Waals surface area contributed by atoms with Crippen LogP contribution in [-0.2, 0) is 34.7 Å². The first-order valence-electron chi connectivity index (χ1n) is 11.5. The molecule has 1 atom stereocenters. The summed E-state index contributed by atoms with van der Waals surface area (Å²) in [6.45, 7) is 7.77. The molecule has 0 unspecified atom stereocenters. The third-order valence-electron chi connectivity index (χ3n) is 7.36. The van der Waals surface area contributed by atoms with Crippen molar-refractivity contribution in [2.45, 2.75) is 72.1 Å². The molecule has 172 valence electrons. The summed E-state index contributed by atoms with van der Waals surface area (Å²) in [4.78, 5) is 30.5. The number of nitrogens with zero attached hydrogens (tertiary/aromatic N) is 2. The second-order valence-corrected chi connectivity index (χ2v) is 9.13. The molecule has 1 aromatic carbocycles. The standard InChI is InChI=1S/C26H27FN2O4/c1-5-7-8-15-13(3)19(27)10-20-22(15)14(4)16-11-29-21(23(16)28-20)9-18-17(24(29)30)12-33-25(31)26(18,32)6-2/h9-10,32H,5-8,11-12H2,1-4H3/t26-/m0/s1. The van der Waals surface area contributed by atoms with Crippen LogP contribution in [0.3, 0.4) is 0 Å². The lowest BCUT2D eigenvalue weighted by Gasteiger charge is -2.31. The lowest BCUT2D eigenvalue weighted by molar-refractivity contribution is -0.172. The van der Waals surface area contributed by atoms with Crippen molar-refractivity contribution in [3.63, 3.8) is 0 Å². The van der Waals surface area contributed by atoms with E-state index in [4.69, 9.17) is 9.72 Å². The van der Waals surface area contributed by atoms with E-state index in [9.17, 15) is 19.1 Å². The molecule has 0 bridgehead atoms. The molecular weight excluding hydrogens is 423 g/mol. The van der Waals surface area contributed by atoms with Crippen LogP contribution in [0.1, 0.15) is 66.5 Å². The predicted molar refractivity (Wildman–Crippen MR) is 123 cm³/mol. The third-order valence-corrected chi connectivity index (χ3v) is 7.36. The van der Waals surface area contributed by atoms with E-state index in [1.807, 2.05) is 13.8 Å². The number of ether oxygens (including phenoxy) is 1. The third kappa shape index (κ3) is 2.91. The van der Waals surface area contributed by atoms with Gasteiger partial charge < -0.3 is 14.4 Å². The largest absolute Gasteiger partial charge is 0.458 e. The first-order valence-corrected chi connectivity index (χ1v) is 11.5. The number of carbonyl (C=O) groups is 1. The molecule has 2 aromatic heterocycles. The molecule has 5 rings (SSSR count). The Morgan fingerprint density at radius 3 is 2.64 bits per heavy atom. The van der Waals surface area contributed by atoms with Gasteiger partial charge in [-0.05, 0) is 55.9 Å². The molecule has 0 fully saturated rings. The summed E-state index contributed by atoms with van der Waals surface area (Å²) in [5, 5.41) is 12.0. The van der Waals surface area contributed by atoms with Crippen molar-refractivity contribution in [3.05, 3.63) is 61.7 Å². The van der Waals surface area contributed by atoms with Crippen molar-refractivity contribution in [2.75, 3.05) is 0 Å². The second-order valence-electron chi connectivity index (χ2n) is 9.13. The topological polar surface area (TPSA) is 81.4 Å². The molecule has 0 radical (unpaired) electrons. The minimum Gasteiger partial charge on any atom is -0.458 e. The molecule has 6 nitrogen and oxygen atoms in total. The molecule has 2 aliphatic rings. The number of aliphatic hydroxyl groups is 1. The molecule has 1 N–H and O–H groups in total. The zero-order chi connectivity index (χ0) is 23.7. The molecule has 4 heterocycles. The van der Waals surface area contributed by atoms with Crippen molar-refractivity contribution in [1.82, 2.24) is 9.55 Å². The fraction of sp³-hybridized carbons (Fsp3) is 0.423. The van der Waals surface area contributed by atoms with Crippen LogP contribution in [0.2, 0.25) is 0 Å². The van der Waals surface area contributed by atoms with Crippen LogP contribution in [-0.4, -0.2) is 20.6 Å². The number of aryl methyl sites for hydroxylation is 2. The van der Waals surface area contributed by atoms with Gasteiger partial charge in [0.2, 0.25) is 0 Å². The fourth-order valence-corrected chi connectivity index (χ4v) is 5.29. The van der Waals surface area contributed by atoms with Gasteiger partial charge in [0.25, 0.3) is 5.56 Å². The monoisotopic (exact) mass is 450 g/mol. The highest BCUT2D eigenvalue weighted by Crippen LogP contribution is 2.41. The number of hydrogen-bond donors (Lipinski definition) is 1. The molecule has 0 saturated heterocycles. The molecule has 0 aliphatic carbocycles. The van der Waals surface area contributed by atoms with Gasteiger partial charge >= 0.3 is 5.97 Å². The highest BCUT2D eigenvalue weighted by atomic mass is 19.1. The summed E-state index contributed by atoms with van der Waals surface area (Å²) in [6, 6.07) is 3.15. The molecule has 0 saturated carbocycles. The minimum atomic E-state index is -1.87. The first kappa shape index (κ1) is 21.8. The summed E-state index contributed by atoms with van der Waals surface area (Å²) in [7, 11) is 0. The Hall–Kier alpha value is -3.06. The number of halogens is 1. The minimum absolute atomic E-state index is 0.0873. The Labute approximate surface area is 191 Å². The molecule has 2 aliphatic heterocycles. The number of carbonyl (C=O) groups excluding carboxylic acids is 1. The number of pyridine rings is 2. The maximum absolute atomic E-state index is 14.8. The zero-order valence-electron chi connectivity index (χ0n) is 19.3. The lowest BCUT2D eigenvalue weighted by atomic mass is 9.86. The Bertz CT molecular complexity index is 1410. The van der Waals surface area contributed by atoms with Gasteiger partial charge in [0.15, 0.2) is 5.60 Å². The van der Waals surface area contributed by atoms with E-state index < -0.39 is 11.6 Å². The Kier molecular flexibility index (Phi) is 4.94. The van der Waals surface area contributed by atoms with Crippen molar-refractivity contribution < 1.29 is 19.0 Å². The summed E-state index contributed by atoms with van der Waals surface area (Å²) in [5.74, 6) is -1.04. The molecule has 0 spiro atoms. The zero-order valence-corrected chi connectivity index (χ0v) is 19.3. The molecule has 33 heavy (non-hydrogen) atoms. The van der Waals surface area contributed by atoms with Crippen LogP contribution < -0.4 is 5.56 Å². The van der Waals surface area contributed by atoms with Crippen LogP contribution in [0.25, 0.3) is 22.3 Å². The van der Waals surface area contributed by atoms with E-state index >= 15 is 0 Å². The number of unbranched alkanes of at least 4 members (excludes halogenated alkanes) is 1. The first-order chi connectivity index (χ1) is 15.7. The maximum Gasteiger partial charge on any atom is 0.343 e. The average Bonchev–Trinajstić information content (AvgIpc) is 3.17. The molecule has 7 heteroatoms. The summed E-state index contributed by atoms with van der Waals surface area (Å²) >= 11 is 0. The van der Waals surface area contributed by atoms with Crippen molar-refractivity contribution >= 4 is 16.9 Å². The Morgan fingerprint density at radius 2 is 1.94 bits per heavy atom. The van der Waals surface area contributed by atoms with Crippen LogP contribution in [0.5, 0.6) is 0 Å². The number of aromatic nitrogens is 2. The predicted octanol–water partition coefficient (Wildman–Crippen LogP) is 4.18. The van der Waals surface area contributed by atoms with Crippen LogP contribution in [0, 0.1) is 19.7 Å². The fourth-order valence-electron chi connectivity index (χ4n) is 5.29. The Morgan fingerprint density at radius 1 is 1.18 bits per heavy atom.